The quantitative estimate of drug-likeness (QED) is 0.850. The normalized spacial score (nSPS) is 15.6. The van der Waals surface area contributed by atoms with Crippen molar-refractivity contribution in [3.8, 4) is 0 Å². The van der Waals surface area contributed by atoms with Gasteiger partial charge in [0.1, 0.15) is 0 Å². The van der Waals surface area contributed by atoms with Crippen molar-refractivity contribution in [3.63, 3.8) is 0 Å². The maximum Gasteiger partial charge on any atom is 0.331 e. The third-order valence-corrected chi connectivity index (χ3v) is 3.34. The molecule has 0 unspecified atom stereocenters. The van der Waals surface area contributed by atoms with Gasteiger partial charge in [0, 0.05) is 24.4 Å². The van der Waals surface area contributed by atoms with Crippen LogP contribution in [0.25, 0.3) is 0 Å². The van der Waals surface area contributed by atoms with Gasteiger partial charge in [0.25, 0.3) is 0 Å². The van der Waals surface area contributed by atoms with Crippen LogP contribution in [-0.2, 0) is 4.79 Å². The van der Waals surface area contributed by atoms with E-state index in [1.165, 1.54) is 16.8 Å². The molecule has 1 heterocycles. The largest absolute Gasteiger partial charge is 0.478 e. The fourth-order valence-electron chi connectivity index (χ4n) is 2.02. The minimum atomic E-state index is -0.787. The number of anilines is 1. The zero-order valence-corrected chi connectivity index (χ0v) is 10.2. The zero-order chi connectivity index (χ0) is 12.4. The van der Waals surface area contributed by atoms with Crippen molar-refractivity contribution in [2.75, 3.05) is 18.0 Å². The van der Waals surface area contributed by atoms with Crippen LogP contribution in [-0.4, -0.2) is 24.2 Å². The average molecular weight is 231 g/mol. The maximum atomic E-state index is 10.8. The van der Waals surface area contributed by atoms with Crippen LogP contribution < -0.4 is 4.90 Å². The molecule has 0 amide bonds. The minimum Gasteiger partial charge on any atom is -0.478 e. The molecule has 1 aromatic rings. The van der Waals surface area contributed by atoms with Gasteiger partial charge in [-0.05, 0) is 43.5 Å². The Morgan fingerprint density at radius 2 is 2.06 bits per heavy atom. The van der Waals surface area contributed by atoms with E-state index in [2.05, 4.69) is 36.9 Å². The SMILES string of the molecule is Cc1ccc(N2CC=C(C(=O)O)CC2)cc1C. The fourth-order valence-corrected chi connectivity index (χ4v) is 2.02. The van der Waals surface area contributed by atoms with Crippen LogP contribution in [0, 0.1) is 13.8 Å². The average Bonchev–Trinajstić information content (AvgIpc) is 2.33. The van der Waals surface area contributed by atoms with Crippen molar-refractivity contribution in [2.24, 2.45) is 0 Å². The molecule has 90 valence electrons. The van der Waals surface area contributed by atoms with Gasteiger partial charge < -0.3 is 10.0 Å². The topological polar surface area (TPSA) is 40.5 Å². The van der Waals surface area contributed by atoms with Gasteiger partial charge in [0.2, 0.25) is 0 Å². The number of carboxylic acids is 1. The summed E-state index contributed by atoms with van der Waals surface area (Å²) in [6.07, 6.45) is 2.42. The highest BCUT2D eigenvalue weighted by Crippen LogP contribution is 2.22. The van der Waals surface area contributed by atoms with Crippen LogP contribution in [0.3, 0.4) is 0 Å². The molecule has 1 aliphatic heterocycles. The molecule has 0 spiro atoms. The van der Waals surface area contributed by atoms with Gasteiger partial charge in [0.05, 0.1) is 0 Å². The Morgan fingerprint density at radius 3 is 2.59 bits per heavy atom. The van der Waals surface area contributed by atoms with Crippen LogP contribution >= 0.6 is 0 Å². The molecular weight excluding hydrogens is 214 g/mol. The van der Waals surface area contributed by atoms with E-state index in [-0.39, 0.29) is 0 Å². The van der Waals surface area contributed by atoms with E-state index in [9.17, 15) is 4.79 Å². The van der Waals surface area contributed by atoms with Gasteiger partial charge in [0.15, 0.2) is 0 Å². The summed E-state index contributed by atoms with van der Waals surface area (Å²) in [5.74, 6) is -0.787. The number of nitrogens with zero attached hydrogens (tertiary/aromatic N) is 1. The van der Waals surface area contributed by atoms with E-state index in [4.69, 9.17) is 5.11 Å². The Morgan fingerprint density at radius 1 is 1.29 bits per heavy atom. The van der Waals surface area contributed by atoms with Gasteiger partial charge in [-0.3, -0.25) is 0 Å². The van der Waals surface area contributed by atoms with Crippen LogP contribution in [0.2, 0.25) is 0 Å². The molecular formula is C14H17NO2. The van der Waals surface area contributed by atoms with E-state index in [0.29, 0.717) is 18.5 Å². The first-order valence-electron chi connectivity index (χ1n) is 5.82. The predicted octanol–water partition coefficient (Wildman–Crippen LogP) is 2.52. The molecule has 0 bridgehead atoms. The second-order valence-corrected chi connectivity index (χ2v) is 4.50. The molecule has 2 rings (SSSR count). The molecule has 0 aromatic heterocycles. The third-order valence-electron chi connectivity index (χ3n) is 3.34. The number of hydrogen-bond donors (Lipinski definition) is 1. The van der Waals surface area contributed by atoms with Crippen molar-refractivity contribution in [2.45, 2.75) is 20.3 Å². The van der Waals surface area contributed by atoms with E-state index < -0.39 is 5.97 Å². The summed E-state index contributed by atoms with van der Waals surface area (Å²) < 4.78 is 0. The Bertz CT molecular complexity index is 477. The highest BCUT2D eigenvalue weighted by Gasteiger charge is 2.16. The van der Waals surface area contributed by atoms with E-state index in [1.807, 2.05) is 0 Å². The molecule has 0 aliphatic carbocycles. The number of benzene rings is 1. The molecule has 1 N–H and O–H groups in total. The number of carbonyl (C=O) groups is 1. The van der Waals surface area contributed by atoms with Crippen molar-refractivity contribution in [1.29, 1.82) is 0 Å². The van der Waals surface area contributed by atoms with Crippen LogP contribution in [0.5, 0.6) is 0 Å². The smallest absolute Gasteiger partial charge is 0.331 e. The van der Waals surface area contributed by atoms with Gasteiger partial charge in [-0.2, -0.15) is 0 Å². The van der Waals surface area contributed by atoms with Gasteiger partial charge in [-0.25, -0.2) is 4.79 Å². The van der Waals surface area contributed by atoms with E-state index in [0.717, 1.165) is 6.54 Å². The molecule has 1 aliphatic rings. The van der Waals surface area contributed by atoms with Crippen molar-refractivity contribution in [3.05, 3.63) is 41.0 Å². The Kier molecular flexibility index (Phi) is 3.18. The molecule has 0 radical (unpaired) electrons. The van der Waals surface area contributed by atoms with E-state index in [1.54, 1.807) is 6.08 Å². The summed E-state index contributed by atoms with van der Waals surface area (Å²) in [6, 6.07) is 6.37. The second-order valence-electron chi connectivity index (χ2n) is 4.50. The number of aryl methyl sites for hydroxylation is 2. The summed E-state index contributed by atoms with van der Waals surface area (Å²) in [5.41, 5.74) is 4.27. The minimum absolute atomic E-state index is 0.532. The Labute approximate surface area is 101 Å². The third kappa shape index (κ3) is 2.49. The summed E-state index contributed by atoms with van der Waals surface area (Å²) in [6.45, 7) is 5.66. The first kappa shape index (κ1) is 11.7. The zero-order valence-electron chi connectivity index (χ0n) is 10.2. The van der Waals surface area contributed by atoms with Crippen LogP contribution in [0.4, 0.5) is 5.69 Å². The summed E-state index contributed by atoms with van der Waals surface area (Å²) in [7, 11) is 0. The molecule has 3 heteroatoms. The van der Waals surface area contributed by atoms with E-state index >= 15 is 0 Å². The standard InChI is InChI=1S/C14H17NO2/c1-10-3-4-13(9-11(10)2)15-7-5-12(6-8-15)14(16)17/h3-5,9H,6-8H2,1-2H3,(H,16,17). The van der Waals surface area contributed by atoms with Crippen LogP contribution in [0.1, 0.15) is 17.5 Å². The molecule has 0 saturated carbocycles. The molecule has 0 fully saturated rings. The number of carboxylic acid groups (broad SMARTS) is 1. The van der Waals surface area contributed by atoms with Gasteiger partial charge in [-0.1, -0.05) is 12.1 Å². The molecule has 17 heavy (non-hydrogen) atoms. The number of hydrogen-bond acceptors (Lipinski definition) is 2. The van der Waals surface area contributed by atoms with Crippen LogP contribution in [0.15, 0.2) is 29.8 Å². The van der Waals surface area contributed by atoms with Gasteiger partial charge >= 0.3 is 5.97 Å². The highest BCUT2D eigenvalue weighted by molar-refractivity contribution is 5.87. The molecule has 0 atom stereocenters. The second kappa shape index (κ2) is 4.62. The van der Waals surface area contributed by atoms with Crippen molar-refractivity contribution < 1.29 is 9.90 Å². The van der Waals surface area contributed by atoms with Gasteiger partial charge in [-0.15, -0.1) is 0 Å². The highest BCUT2D eigenvalue weighted by atomic mass is 16.4. The first-order valence-corrected chi connectivity index (χ1v) is 5.82. The summed E-state index contributed by atoms with van der Waals surface area (Å²) in [5, 5.41) is 8.89. The summed E-state index contributed by atoms with van der Waals surface area (Å²) >= 11 is 0. The lowest BCUT2D eigenvalue weighted by Gasteiger charge is -2.27. The number of aliphatic carboxylic acids is 1. The Balaban J connectivity index is 2.15. The maximum absolute atomic E-state index is 10.8. The molecule has 1 aromatic carbocycles. The molecule has 0 saturated heterocycles. The monoisotopic (exact) mass is 231 g/mol. The Hall–Kier alpha value is -1.77. The predicted molar refractivity (Wildman–Crippen MR) is 68.5 cm³/mol. The lowest BCUT2D eigenvalue weighted by Crippen LogP contribution is -2.30. The van der Waals surface area contributed by atoms with Crippen molar-refractivity contribution >= 4 is 11.7 Å². The molecule has 3 nitrogen and oxygen atoms in total. The summed E-state index contributed by atoms with van der Waals surface area (Å²) in [4.78, 5) is 13.0. The lowest BCUT2D eigenvalue weighted by molar-refractivity contribution is -0.132. The lowest BCUT2D eigenvalue weighted by atomic mass is 10.1. The fraction of sp³-hybridized carbons (Fsp3) is 0.357. The number of rotatable bonds is 2. The van der Waals surface area contributed by atoms with Crippen molar-refractivity contribution in [1.82, 2.24) is 0 Å². The first-order chi connectivity index (χ1) is 8.08.